The van der Waals surface area contributed by atoms with E-state index in [0.29, 0.717) is 0 Å². The Hall–Kier alpha value is -1.93. The fourth-order valence-electron chi connectivity index (χ4n) is 1.39. The zero-order valence-corrected chi connectivity index (χ0v) is 8.84. The van der Waals surface area contributed by atoms with Crippen LogP contribution in [-0.4, -0.2) is 4.98 Å². The van der Waals surface area contributed by atoms with Crippen LogP contribution in [0.25, 0.3) is 12.2 Å². The van der Waals surface area contributed by atoms with E-state index in [-0.39, 0.29) is 6.61 Å². The molecule has 0 spiro atoms. The summed E-state index contributed by atoms with van der Waals surface area (Å²) in [6, 6.07) is 11.5. The SMILES string of the molecule is [O]Cc1ccc(/C=C/c2ccncc2)cc1. The van der Waals surface area contributed by atoms with E-state index >= 15 is 0 Å². The highest BCUT2D eigenvalue weighted by atomic mass is 16.3. The maximum Gasteiger partial charge on any atom is 0.107 e. The predicted octanol–water partition coefficient (Wildman–Crippen LogP) is 3.18. The lowest BCUT2D eigenvalue weighted by Crippen LogP contribution is -1.80. The molecule has 2 nitrogen and oxygen atoms in total. The Balaban J connectivity index is 2.12. The first-order valence-electron chi connectivity index (χ1n) is 5.13. The van der Waals surface area contributed by atoms with Gasteiger partial charge in [-0.25, -0.2) is 5.11 Å². The molecule has 0 N–H and O–H groups in total. The molecule has 1 radical (unpaired) electrons. The average Bonchev–Trinajstić information content (AvgIpc) is 2.38. The van der Waals surface area contributed by atoms with Crippen LogP contribution >= 0.6 is 0 Å². The van der Waals surface area contributed by atoms with Crippen LogP contribution in [0.15, 0.2) is 48.8 Å². The van der Waals surface area contributed by atoms with E-state index in [2.05, 4.69) is 4.98 Å². The summed E-state index contributed by atoms with van der Waals surface area (Å²) >= 11 is 0. The Morgan fingerprint density at radius 2 is 1.44 bits per heavy atom. The van der Waals surface area contributed by atoms with Gasteiger partial charge in [0.25, 0.3) is 0 Å². The predicted molar refractivity (Wildman–Crippen MR) is 64.0 cm³/mol. The second-order valence-corrected chi connectivity index (χ2v) is 3.50. The molecule has 0 fully saturated rings. The van der Waals surface area contributed by atoms with Gasteiger partial charge >= 0.3 is 0 Å². The Bertz CT molecular complexity index is 460. The minimum atomic E-state index is -0.158. The molecule has 0 atom stereocenters. The van der Waals surface area contributed by atoms with E-state index in [1.54, 1.807) is 12.4 Å². The molecule has 0 aliphatic heterocycles. The normalized spacial score (nSPS) is 10.8. The summed E-state index contributed by atoms with van der Waals surface area (Å²) in [7, 11) is 0. The monoisotopic (exact) mass is 210 g/mol. The van der Waals surface area contributed by atoms with E-state index in [1.807, 2.05) is 48.6 Å². The smallest absolute Gasteiger partial charge is 0.107 e. The van der Waals surface area contributed by atoms with Gasteiger partial charge in [-0.3, -0.25) is 4.98 Å². The van der Waals surface area contributed by atoms with Crippen molar-refractivity contribution >= 4 is 12.2 Å². The Morgan fingerprint density at radius 3 is 2.00 bits per heavy atom. The van der Waals surface area contributed by atoms with Gasteiger partial charge in [0.15, 0.2) is 0 Å². The van der Waals surface area contributed by atoms with Crippen molar-refractivity contribution in [2.24, 2.45) is 0 Å². The zero-order valence-electron chi connectivity index (χ0n) is 8.84. The van der Waals surface area contributed by atoms with Gasteiger partial charge in [-0.2, -0.15) is 0 Å². The number of pyridine rings is 1. The van der Waals surface area contributed by atoms with Crippen molar-refractivity contribution in [2.75, 3.05) is 0 Å². The number of nitrogens with zero attached hydrogens (tertiary/aromatic N) is 1. The van der Waals surface area contributed by atoms with Crippen LogP contribution in [0.4, 0.5) is 0 Å². The molecule has 1 aromatic carbocycles. The maximum atomic E-state index is 10.6. The summed E-state index contributed by atoms with van der Waals surface area (Å²) in [5.74, 6) is 0. The quantitative estimate of drug-likeness (QED) is 0.765. The Morgan fingerprint density at radius 1 is 0.875 bits per heavy atom. The van der Waals surface area contributed by atoms with E-state index < -0.39 is 0 Å². The fourth-order valence-corrected chi connectivity index (χ4v) is 1.39. The van der Waals surface area contributed by atoms with Gasteiger partial charge in [0.05, 0.1) is 0 Å². The number of hydrogen-bond donors (Lipinski definition) is 0. The molecule has 0 unspecified atom stereocenters. The number of rotatable bonds is 3. The molecule has 1 heterocycles. The third-order valence-corrected chi connectivity index (χ3v) is 2.32. The molecule has 0 bridgehead atoms. The van der Waals surface area contributed by atoms with E-state index in [9.17, 15) is 5.11 Å². The highest BCUT2D eigenvalue weighted by Crippen LogP contribution is 2.09. The van der Waals surface area contributed by atoms with Crippen LogP contribution in [0.5, 0.6) is 0 Å². The molecule has 79 valence electrons. The van der Waals surface area contributed by atoms with Crippen molar-refractivity contribution in [2.45, 2.75) is 6.61 Å². The molecule has 0 saturated heterocycles. The van der Waals surface area contributed by atoms with E-state index in [1.165, 1.54) is 0 Å². The molecular weight excluding hydrogens is 198 g/mol. The first kappa shape index (κ1) is 10.6. The lowest BCUT2D eigenvalue weighted by molar-refractivity contribution is 0.177. The standard InChI is InChI=1S/C14H12NO/c16-11-14-5-3-12(4-6-14)1-2-13-7-9-15-10-8-13/h1-10H,11H2/b2-1+. The summed E-state index contributed by atoms with van der Waals surface area (Å²) in [5.41, 5.74) is 3.03. The van der Waals surface area contributed by atoms with Crippen LogP contribution in [0.2, 0.25) is 0 Å². The number of aromatic nitrogens is 1. The van der Waals surface area contributed by atoms with Crippen molar-refractivity contribution in [3.8, 4) is 0 Å². The Labute approximate surface area is 94.9 Å². The molecule has 2 aromatic rings. The molecule has 0 aliphatic carbocycles. The van der Waals surface area contributed by atoms with Crippen molar-refractivity contribution in [3.05, 3.63) is 65.5 Å². The number of hydrogen-bond acceptors (Lipinski definition) is 1. The third-order valence-electron chi connectivity index (χ3n) is 2.32. The van der Waals surface area contributed by atoms with Crippen molar-refractivity contribution in [1.29, 1.82) is 0 Å². The molecular formula is C14H12NO. The third kappa shape index (κ3) is 2.78. The minimum absolute atomic E-state index is 0.158. The second-order valence-electron chi connectivity index (χ2n) is 3.50. The summed E-state index contributed by atoms with van der Waals surface area (Å²) < 4.78 is 0. The van der Waals surface area contributed by atoms with Crippen LogP contribution in [0.3, 0.4) is 0 Å². The highest BCUT2D eigenvalue weighted by molar-refractivity contribution is 5.69. The molecule has 2 heteroatoms. The molecule has 1 aromatic heterocycles. The molecule has 2 rings (SSSR count). The highest BCUT2D eigenvalue weighted by Gasteiger charge is 1.90. The lowest BCUT2D eigenvalue weighted by Gasteiger charge is -1.96. The largest absolute Gasteiger partial charge is 0.265 e. The summed E-state index contributed by atoms with van der Waals surface area (Å²) in [6.07, 6.45) is 7.57. The van der Waals surface area contributed by atoms with Gasteiger partial charge < -0.3 is 0 Å². The summed E-state index contributed by atoms with van der Waals surface area (Å²) in [6.45, 7) is -0.158. The van der Waals surface area contributed by atoms with Crippen molar-refractivity contribution in [3.63, 3.8) is 0 Å². The number of benzene rings is 1. The molecule has 0 saturated carbocycles. The van der Waals surface area contributed by atoms with Gasteiger partial charge in [0.2, 0.25) is 0 Å². The van der Waals surface area contributed by atoms with Crippen LogP contribution < -0.4 is 0 Å². The minimum Gasteiger partial charge on any atom is -0.265 e. The van der Waals surface area contributed by atoms with Gasteiger partial charge in [-0.15, -0.1) is 0 Å². The van der Waals surface area contributed by atoms with Gasteiger partial charge in [0, 0.05) is 12.4 Å². The van der Waals surface area contributed by atoms with E-state index in [0.717, 1.165) is 16.7 Å². The molecule has 16 heavy (non-hydrogen) atoms. The van der Waals surface area contributed by atoms with Gasteiger partial charge in [-0.05, 0) is 28.8 Å². The fraction of sp³-hybridized carbons (Fsp3) is 0.0714. The second kappa shape index (κ2) is 5.24. The summed E-state index contributed by atoms with van der Waals surface area (Å²) in [4.78, 5) is 3.95. The van der Waals surface area contributed by atoms with Crippen LogP contribution in [0.1, 0.15) is 16.7 Å². The van der Waals surface area contributed by atoms with Crippen LogP contribution in [0, 0.1) is 0 Å². The maximum absolute atomic E-state index is 10.6. The summed E-state index contributed by atoms with van der Waals surface area (Å²) in [5, 5.41) is 10.6. The van der Waals surface area contributed by atoms with Crippen LogP contribution in [-0.2, 0) is 11.7 Å². The van der Waals surface area contributed by atoms with E-state index in [4.69, 9.17) is 0 Å². The van der Waals surface area contributed by atoms with Crippen molar-refractivity contribution < 1.29 is 5.11 Å². The Kier molecular flexibility index (Phi) is 3.46. The topological polar surface area (TPSA) is 32.8 Å². The van der Waals surface area contributed by atoms with Crippen molar-refractivity contribution in [1.82, 2.24) is 4.98 Å². The average molecular weight is 210 g/mol. The van der Waals surface area contributed by atoms with Gasteiger partial charge in [-0.1, -0.05) is 36.4 Å². The first-order chi connectivity index (χ1) is 7.88. The molecule has 0 aliphatic rings. The zero-order chi connectivity index (χ0) is 11.2. The first-order valence-corrected chi connectivity index (χ1v) is 5.13. The van der Waals surface area contributed by atoms with Gasteiger partial charge in [0.1, 0.15) is 6.61 Å². The lowest BCUT2D eigenvalue weighted by atomic mass is 10.1. The molecule has 0 amide bonds.